The van der Waals surface area contributed by atoms with Gasteiger partial charge in [-0.3, -0.25) is 9.52 Å². The number of piperidine rings is 1. The van der Waals surface area contributed by atoms with Crippen LogP contribution < -0.4 is 9.46 Å². The molecule has 4 rings (SSSR count). The van der Waals surface area contributed by atoms with Crippen LogP contribution in [-0.4, -0.2) is 38.4 Å². The highest BCUT2D eigenvalue weighted by molar-refractivity contribution is 7.91. The molecule has 1 fully saturated rings. The van der Waals surface area contributed by atoms with Gasteiger partial charge in [0.2, 0.25) is 10.0 Å². The zero-order chi connectivity index (χ0) is 20.4. The highest BCUT2D eigenvalue weighted by Gasteiger charge is 2.31. The molecular weight excluding hydrogens is 395 g/mol. The van der Waals surface area contributed by atoms with Gasteiger partial charge in [0.25, 0.3) is 5.91 Å². The Morgan fingerprint density at radius 2 is 2.00 bits per heavy atom. The van der Waals surface area contributed by atoms with E-state index in [1.165, 1.54) is 24.3 Å². The van der Waals surface area contributed by atoms with Crippen LogP contribution in [0.2, 0.25) is 0 Å². The molecule has 1 N–H and O–H groups in total. The minimum atomic E-state index is -3.77. The highest BCUT2D eigenvalue weighted by Crippen LogP contribution is 2.31. The lowest BCUT2D eigenvalue weighted by Gasteiger charge is -2.37. The van der Waals surface area contributed by atoms with Crippen LogP contribution in [0.5, 0.6) is 5.75 Å². The molecule has 1 saturated heterocycles. The second-order valence-electron chi connectivity index (χ2n) is 7.49. The van der Waals surface area contributed by atoms with E-state index in [0.29, 0.717) is 30.0 Å². The van der Waals surface area contributed by atoms with Crippen molar-refractivity contribution in [1.29, 1.82) is 0 Å². The fourth-order valence-corrected chi connectivity index (χ4v) is 5.15. The third-order valence-corrected chi connectivity index (χ3v) is 6.59. The van der Waals surface area contributed by atoms with Gasteiger partial charge in [-0.05, 0) is 55.2 Å². The summed E-state index contributed by atoms with van der Waals surface area (Å²) in [5.41, 5.74) is 0.994. The van der Waals surface area contributed by atoms with Crippen molar-refractivity contribution >= 4 is 21.6 Å². The van der Waals surface area contributed by atoms with Crippen LogP contribution in [0.3, 0.4) is 0 Å². The lowest BCUT2D eigenvalue weighted by atomic mass is 9.97. The summed E-state index contributed by atoms with van der Waals surface area (Å²) in [4.78, 5) is 15.0. The van der Waals surface area contributed by atoms with E-state index in [9.17, 15) is 17.6 Å². The third-order valence-electron chi connectivity index (χ3n) is 5.33. The van der Waals surface area contributed by atoms with Gasteiger partial charge in [-0.15, -0.1) is 0 Å². The number of carbonyl (C=O) groups excluding carboxylic acids is 1. The summed E-state index contributed by atoms with van der Waals surface area (Å²) in [7, 11) is -3.77. The van der Waals surface area contributed by atoms with Gasteiger partial charge in [-0.1, -0.05) is 12.1 Å². The Bertz CT molecular complexity index is 1030. The SMILES string of the molecule is O=C1c2cc(NS(=O)(=O)Cc3cccc(F)c3)ccc2OCCC2CCCCN12. The summed E-state index contributed by atoms with van der Waals surface area (Å²) in [5, 5.41) is 0. The summed E-state index contributed by atoms with van der Waals surface area (Å²) in [6.07, 6.45) is 3.83. The Morgan fingerprint density at radius 1 is 1.14 bits per heavy atom. The van der Waals surface area contributed by atoms with Gasteiger partial charge in [0.15, 0.2) is 0 Å². The van der Waals surface area contributed by atoms with Crippen LogP contribution in [-0.2, 0) is 15.8 Å². The maximum atomic E-state index is 13.3. The van der Waals surface area contributed by atoms with Gasteiger partial charge in [-0.25, -0.2) is 12.8 Å². The van der Waals surface area contributed by atoms with Crippen LogP contribution in [0, 0.1) is 5.82 Å². The molecular formula is C21H23FN2O4S. The number of amides is 1. The minimum absolute atomic E-state index is 0.129. The number of nitrogens with zero attached hydrogens (tertiary/aromatic N) is 1. The summed E-state index contributed by atoms with van der Waals surface area (Å²) in [6.45, 7) is 1.23. The molecule has 2 heterocycles. The summed E-state index contributed by atoms with van der Waals surface area (Å²) < 4.78 is 46.6. The Morgan fingerprint density at radius 3 is 2.83 bits per heavy atom. The number of fused-ring (bicyclic) bond motifs is 2. The molecule has 2 aliphatic rings. The van der Waals surface area contributed by atoms with Gasteiger partial charge in [0, 0.05) is 24.7 Å². The maximum absolute atomic E-state index is 13.3. The van der Waals surface area contributed by atoms with E-state index >= 15 is 0 Å². The zero-order valence-corrected chi connectivity index (χ0v) is 16.8. The van der Waals surface area contributed by atoms with Gasteiger partial charge < -0.3 is 9.64 Å². The Kier molecular flexibility index (Phi) is 5.45. The quantitative estimate of drug-likeness (QED) is 0.824. The Labute approximate surface area is 169 Å². The van der Waals surface area contributed by atoms with Gasteiger partial charge in [0.05, 0.1) is 17.9 Å². The molecule has 1 amide bonds. The van der Waals surface area contributed by atoms with Crippen molar-refractivity contribution in [2.24, 2.45) is 0 Å². The number of sulfonamides is 1. The lowest BCUT2D eigenvalue weighted by Crippen LogP contribution is -2.45. The molecule has 0 saturated carbocycles. The summed E-state index contributed by atoms with van der Waals surface area (Å²) >= 11 is 0. The van der Waals surface area contributed by atoms with E-state index in [1.807, 2.05) is 4.90 Å². The average molecular weight is 418 g/mol. The number of rotatable bonds is 4. The largest absolute Gasteiger partial charge is 0.493 e. The van der Waals surface area contributed by atoms with Gasteiger partial charge in [-0.2, -0.15) is 0 Å². The van der Waals surface area contributed by atoms with Crippen molar-refractivity contribution in [3.05, 3.63) is 59.4 Å². The van der Waals surface area contributed by atoms with E-state index in [0.717, 1.165) is 25.7 Å². The molecule has 1 unspecified atom stereocenters. The molecule has 1 atom stereocenters. The van der Waals surface area contributed by atoms with Gasteiger partial charge in [0.1, 0.15) is 11.6 Å². The minimum Gasteiger partial charge on any atom is -0.493 e. The fraction of sp³-hybridized carbons (Fsp3) is 0.381. The Hall–Kier alpha value is -2.61. The van der Waals surface area contributed by atoms with Crippen molar-refractivity contribution in [1.82, 2.24) is 4.90 Å². The first-order valence-corrected chi connectivity index (χ1v) is 11.4. The number of ether oxygens (including phenoxy) is 1. The number of hydrogen-bond donors (Lipinski definition) is 1. The number of carbonyl (C=O) groups is 1. The van der Waals surface area contributed by atoms with Crippen molar-refractivity contribution < 1.29 is 22.3 Å². The maximum Gasteiger partial charge on any atom is 0.257 e. The smallest absolute Gasteiger partial charge is 0.257 e. The predicted octanol–water partition coefficient (Wildman–Crippen LogP) is 3.54. The van der Waals surface area contributed by atoms with Crippen LogP contribution >= 0.6 is 0 Å². The van der Waals surface area contributed by atoms with Crippen molar-refractivity contribution in [2.75, 3.05) is 17.9 Å². The third kappa shape index (κ3) is 4.53. The molecule has 2 aromatic carbocycles. The number of anilines is 1. The fourth-order valence-electron chi connectivity index (χ4n) is 3.98. The van der Waals surface area contributed by atoms with E-state index in [-0.39, 0.29) is 23.4 Å². The molecule has 154 valence electrons. The van der Waals surface area contributed by atoms with E-state index in [2.05, 4.69) is 4.72 Å². The van der Waals surface area contributed by atoms with Crippen LogP contribution in [0.4, 0.5) is 10.1 Å². The predicted molar refractivity (Wildman–Crippen MR) is 108 cm³/mol. The molecule has 6 nitrogen and oxygen atoms in total. The Balaban J connectivity index is 1.57. The molecule has 0 aromatic heterocycles. The molecule has 0 radical (unpaired) electrons. The monoisotopic (exact) mass is 418 g/mol. The van der Waals surface area contributed by atoms with Crippen molar-refractivity contribution in [2.45, 2.75) is 37.5 Å². The van der Waals surface area contributed by atoms with Crippen LogP contribution in [0.1, 0.15) is 41.6 Å². The normalized spacial score (nSPS) is 19.4. The molecule has 2 aromatic rings. The molecule has 0 bridgehead atoms. The second kappa shape index (κ2) is 8.02. The number of halogens is 1. The standard InChI is InChI=1S/C21H23FN2O4S/c22-16-5-3-4-15(12-16)14-29(26,27)23-17-7-8-20-19(13-17)21(25)24-10-2-1-6-18(24)9-11-28-20/h3-5,7-8,12-13,18,23H,1-2,6,9-11,14H2. The second-order valence-corrected chi connectivity index (χ2v) is 9.21. The molecule has 0 aliphatic carbocycles. The number of nitrogens with one attached hydrogen (secondary N) is 1. The van der Waals surface area contributed by atoms with Crippen molar-refractivity contribution in [3.8, 4) is 5.75 Å². The molecule has 29 heavy (non-hydrogen) atoms. The lowest BCUT2D eigenvalue weighted by molar-refractivity contribution is 0.0548. The molecule has 2 aliphatic heterocycles. The van der Waals surface area contributed by atoms with Crippen LogP contribution in [0.15, 0.2) is 42.5 Å². The van der Waals surface area contributed by atoms with Crippen LogP contribution in [0.25, 0.3) is 0 Å². The van der Waals surface area contributed by atoms with E-state index < -0.39 is 15.8 Å². The first kappa shape index (κ1) is 19.7. The van der Waals surface area contributed by atoms with E-state index in [1.54, 1.807) is 18.2 Å². The topological polar surface area (TPSA) is 75.7 Å². The van der Waals surface area contributed by atoms with E-state index in [4.69, 9.17) is 4.74 Å². The highest BCUT2D eigenvalue weighted by atomic mass is 32.2. The number of hydrogen-bond acceptors (Lipinski definition) is 4. The first-order chi connectivity index (χ1) is 13.9. The summed E-state index contributed by atoms with van der Waals surface area (Å²) in [6, 6.07) is 10.4. The summed E-state index contributed by atoms with van der Waals surface area (Å²) in [5.74, 6) is -0.513. The van der Waals surface area contributed by atoms with Gasteiger partial charge >= 0.3 is 0 Å². The number of benzene rings is 2. The molecule has 8 heteroatoms. The first-order valence-electron chi connectivity index (χ1n) is 9.74. The average Bonchev–Trinajstić information content (AvgIpc) is 2.67. The zero-order valence-electron chi connectivity index (χ0n) is 15.9. The molecule has 0 spiro atoms. The van der Waals surface area contributed by atoms with Crippen molar-refractivity contribution in [3.63, 3.8) is 0 Å².